The zero-order chi connectivity index (χ0) is 28.0. The van der Waals surface area contributed by atoms with E-state index in [1.807, 2.05) is 18.2 Å². The Morgan fingerprint density at radius 3 is 2.76 bits per heavy atom. The maximum absolute atomic E-state index is 14.7. The summed E-state index contributed by atoms with van der Waals surface area (Å²) >= 11 is 14.6. The van der Waals surface area contributed by atoms with Gasteiger partial charge >= 0.3 is 5.97 Å². The number of likely N-dealkylation sites (tertiary alicyclic amines) is 1. The zero-order valence-corrected chi connectivity index (χ0v) is 24.5. The SMILES string of the molecule is O=C(O)c1cc(F)c2nc(C34CC5CC3C(CN(CCc3c(-c6c(Cl)cccc6Cl)noc3C3CC3)C5)C4)sc2c1. The predicted octanol–water partition coefficient (Wildman–Crippen LogP) is 7.82. The number of halogens is 3. The molecule has 2 aromatic heterocycles. The van der Waals surface area contributed by atoms with Gasteiger partial charge in [-0.15, -0.1) is 11.3 Å². The standard InChI is InChI=1S/C31H28Cl2FN3O3S/c32-21-2-1-3-22(33)25(21)26-19(28(40-36-26)16-4-5-16)6-7-37-13-15-8-20-18(14-37)12-31(20,11-15)30-35-27-23(34)9-17(29(38)39)10-24(27)41-30/h1-3,9-10,15-16,18,20H,4-8,11-14H2,(H,38,39). The van der Waals surface area contributed by atoms with Gasteiger partial charge in [0.1, 0.15) is 22.0 Å². The van der Waals surface area contributed by atoms with Crippen LogP contribution in [-0.2, 0) is 11.8 Å². The molecule has 8 rings (SSSR count). The van der Waals surface area contributed by atoms with Gasteiger partial charge in [-0.05, 0) is 80.5 Å². The number of aromatic carboxylic acids is 1. The highest BCUT2D eigenvalue weighted by Crippen LogP contribution is 2.65. The number of hydrogen-bond acceptors (Lipinski definition) is 6. The summed E-state index contributed by atoms with van der Waals surface area (Å²) in [6.07, 6.45) is 6.37. The second kappa shape index (κ2) is 9.49. The number of rotatable bonds is 7. The highest BCUT2D eigenvalue weighted by atomic mass is 35.5. The molecule has 4 unspecified atom stereocenters. The minimum absolute atomic E-state index is 0.00251. The van der Waals surface area contributed by atoms with Gasteiger partial charge in [-0.25, -0.2) is 14.2 Å². The van der Waals surface area contributed by atoms with Crippen LogP contribution in [0, 0.1) is 23.6 Å². The lowest BCUT2D eigenvalue weighted by molar-refractivity contribution is 0.0251. The smallest absolute Gasteiger partial charge is 0.335 e. The number of carbonyl (C=O) groups is 1. The van der Waals surface area contributed by atoms with Crippen LogP contribution in [0.25, 0.3) is 21.5 Å². The van der Waals surface area contributed by atoms with E-state index in [0.717, 1.165) is 85.4 Å². The molecule has 3 aliphatic carbocycles. The van der Waals surface area contributed by atoms with Crippen molar-refractivity contribution >= 4 is 50.7 Å². The van der Waals surface area contributed by atoms with E-state index in [-0.39, 0.29) is 11.0 Å². The van der Waals surface area contributed by atoms with Crippen molar-refractivity contribution in [2.45, 2.75) is 49.9 Å². The normalized spacial score (nSPS) is 27.2. The first-order valence-electron chi connectivity index (χ1n) is 14.3. The number of benzene rings is 2. The summed E-state index contributed by atoms with van der Waals surface area (Å²) < 4.78 is 21.3. The molecular weight excluding hydrogens is 584 g/mol. The first-order valence-corrected chi connectivity index (χ1v) is 15.9. The van der Waals surface area contributed by atoms with Crippen molar-refractivity contribution in [2.75, 3.05) is 19.6 Å². The van der Waals surface area contributed by atoms with E-state index < -0.39 is 11.8 Å². The van der Waals surface area contributed by atoms with E-state index in [4.69, 9.17) is 32.7 Å². The molecule has 0 spiro atoms. The Bertz CT molecular complexity index is 1690. The van der Waals surface area contributed by atoms with Gasteiger partial charge < -0.3 is 14.5 Å². The van der Waals surface area contributed by atoms with Gasteiger partial charge in [-0.3, -0.25) is 0 Å². The molecule has 3 saturated carbocycles. The molecule has 3 heterocycles. The molecule has 4 fully saturated rings. The molecule has 4 aromatic rings. The van der Waals surface area contributed by atoms with Gasteiger partial charge in [0, 0.05) is 42.1 Å². The molecule has 0 amide bonds. The van der Waals surface area contributed by atoms with Gasteiger partial charge in [0.15, 0.2) is 5.82 Å². The van der Waals surface area contributed by atoms with E-state index in [9.17, 15) is 14.3 Å². The van der Waals surface area contributed by atoms with E-state index in [1.165, 1.54) is 17.8 Å². The Labute approximate surface area is 250 Å². The second-order valence-corrected chi connectivity index (χ2v) is 14.3. The Hall–Kier alpha value is -2.52. The fourth-order valence-electron chi connectivity index (χ4n) is 8.03. The molecule has 10 heteroatoms. The molecule has 1 N–H and O–H groups in total. The van der Waals surface area contributed by atoms with Crippen molar-refractivity contribution < 1.29 is 18.8 Å². The minimum atomic E-state index is -1.12. The Morgan fingerprint density at radius 1 is 1.20 bits per heavy atom. The van der Waals surface area contributed by atoms with Gasteiger partial charge in [-0.1, -0.05) is 34.4 Å². The second-order valence-electron chi connectivity index (χ2n) is 12.4. The summed E-state index contributed by atoms with van der Waals surface area (Å²) in [5, 5.41) is 16.0. The van der Waals surface area contributed by atoms with Crippen LogP contribution in [0.15, 0.2) is 34.9 Å². The minimum Gasteiger partial charge on any atom is -0.478 e. The molecule has 2 aromatic carbocycles. The fourth-order valence-corrected chi connectivity index (χ4v) is 9.89. The van der Waals surface area contributed by atoms with Crippen LogP contribution in [0.1, 0.15) is 64.7 Å². The maximum Gasteiger partial charge on any atom is 0.335 e. The maximum atomic E-state index is 14.7. The lowest BCUT2D eigenvalue weighted by Crippen LogP contribution is -2.53. The van der Waals surface area contributed by atoms with Crippen molar-refractivity contribution in [3.05, 3.63) is 68.1 Å². The largest absolute Gasteiger partial charge is 0.478 e. The molecule has 4 atom stereocenters. The van der Waals surface area contributed by atoms with Crippen LogP contribution in [0.2, 0.25) is 10.0 Å². The van der Waals surface area contributed by atoms with Crippen LogP contribution in [-0.4, -0.2) is 45.8 Å². The number of hydrogen-bond donors (Lipinski definition) is 1. The topological polar surface area (TPSA) is 79.5 Å². The fraction of sp³-hybridized carbons (Fsp3) is 0.452. The van der Waals surface area contributed by atoms with Gasteiger partial charge in [0.05, 0.1) is 20.3 Å². The molecule has 2 bridgehead atoms. The molecule has 4 aliphatic rings. The van der Waals surface area contributed by atoms with Crippen LogP contribution >= 0.6 is 34.5 Å². The van der Waals surface area contributed by atoms with Crippen LogP contribution in [0.3, 0.4) is 0 Å². The number of fused-ring (bicyclic) bond motifs is 2. The highest BCUT2D eigenvalue weighted by molar-refractivity contribution is 7.18. The quantitative estimate of drug-likeness (QED) is 0.229. The van der Waals surface area contributed by atoms with E-state index >= 15 is 0 Å². The van der Waals surface area contributed by atoms with Crippen molar-refractivity contribution in [1.82, 2.24) is 15.0 Å². The van der Waals surface area contributed by atoms with Gasteiger partial charge in [-0.2, -0.15) is 0 Å². The molecular formula is C31H28Cl2FN3O3S. The van der Waals surface area contributed by atoms with Gasteiger partial charge in [0.2, 0.25) is 0 Å². The molecule has 1 aliphatic heterocycles. The number of carboxylic acids is 1. The molecule has 41 heavy (non-hydrogen) atoms. The van der Waals surface area contributed by atoms with Crippen LogP contribution in [0.4, 0.5) is 4.39 Å². The average Bonchev–Trinajstić information content (AvgIpc) is 3.46. The third-order valence-corrected chi connectivity index (χ3v) is 11.8. The average molecular weight is 613 g/mol. The zero-order valence-electron chi connectivity index (χ0n) is 22.2. The first kappa shape index (κ1) is 26.1. The van der Waals surface area contributed by atoms with Crippen molar-refractivity contribution in [1.29, 1.82) is 0 Å². The Balaban J connectivity index is 1.02. The predicted molar refractivity (Wildman–Crippen MR) is 157 cm³/mol. The third kappa shape index (κ3) is 4.16. The number of nitrogens with zero attached hydrogens (tertiary/aromatic N) is 3. The van der Waals surface area contributed by atoms with Crippen molar-refractivity contribution in [3.8, 4) is 11.3 Å². The summed E-state index contributed by atoms with van der Waals surface area (Å²) in [6.45, 7) is 2.99. The van der Waals surface area contributed by atoms with Crippen molar-refractivity contribution in [2.24, 2.45) is 17.8 Å². The summed E-state index contributed by atoms with van der Waals surface area (Å²) in [5.41, 5.74) is 2.95. The molecule has 1 saturated heterocycles. The summed E-state index contributed by atoms with van der Waals surface area (Å²) in [7, 11) is 0. The summed E-state index contributed by atoms with van der Waals surface area (Å²) in [4.78, 5) is 18.8. The van der Waals surface area contributed by atoms with Crippen LogP contribution < -0.4 is 0 Å². The molecule has 212 valence electrons. The van der Waals surface area contributed by atoms with Crippen LogP contribution in [0.5, 0.6) is 0 Å². The highest BCUT2D eigenvalue weighted by Gasteiger charge is 2.62. The lowest BCUT2D eigenvalue weighted by atomic mass is 9.55. The first-order chi connectivity index (χ1) is 19.8. The summed E-state index contributed by atoms with van der Waals surface area (Å²) in [6, 6.07) is 8.18. The number of aromatic nitrogens is 2. The molecule has 6 nitrogen and oxygen atoms in total. The van der Waals surface area contributed by atoms with E-state index in [0.29, 0.717) is 43.9 Å². The number of thiazole rings is 1. The molecule has 0 radical (unpaired) electrons. The van der Waals surface area contributed by atoms with E-state index in [1.54, 1.807) is 6.07 Å². The number of carboxylic acid groups (broad SMARTS) is 1. The summed E-state index contributed by atoms with van der Waals surface area (Å²) in [5.74, 6) is 1.44. The Kier molecular flexibility index (Phi) is 6.05. The third-order valence-electron chi connectivity index (χ3n) is 9.92. The monoisotopic (exact) mass is 611 g/mol. The van der Waals surface area contributed by atoms with Crippen molar-refractivity contribution in [3.63, 3.8) is 0 Å². The lowest BCUT2D eigenvalue weighted by Gasteiger charge is -2.52. The van der Waals surface area contributed by atoms with Gasteiger partial charge in [0.25, 0.3) is 0 Å². The van der Waals surface area contributed by atoms with E-state index in [2.05, 4.69) is 10.1 Å². The Morgan fingerprint density at radius 2 is 2.00 bits per heavy atom.